The maximum Gasteiger partial charge on any atom is 0.228 e. The van der Waals surface area contributed by atoms with Crippen molar-refractivity contribution < 1.29 is 29.2 Å². The molecular formula is C18H23NO6. The lowest BCUT2D eigenvalue weighted by molar-refractivity contribution is -0.216. The Morgan fingerprint density at radius 1 is 1.36 bits per heavy atom. The number of methoxy groups -OCH3 is 2. The van der Waals surface area contributed by atoms with Crippen LogP contribution in [-0.4, -0.2) is 48.8 Å². The van der Waals surface area contributed by atoms with E-state index in [1.807, 2.05) is 0 Å². The van der Waals surface area contributed by atoms with E-state index in [9.17, 15) is 15.0 Å². The fourth-order valence-electron chi connectivity index (χ4n) is 2.56. The number of rotatable bonds is 7. The Bertz CT molecular complexity index is 684. The Morgan fingerprint density at radius 2 is 2.12 bits per heavy atom. The fraction of sp³-hybridized carbons (Fsp3) is 0.389. The summed E-state index contributed by atoms with van der Waals surface area (Å²) < 4.78 is 15.5. The van der Waals surface area contributed by atoms with Crippen molar-refractivity contribution >= 4 is 5.91 Å². The molecule has 1 aliphatic rings. The van der Waals surface area contributed by atoms with Crippen LogP contribution in [0, 0.1) is 0 Å². The van der Waals surface area contributed by atoms with Crippen LogP contribution < -0.4 is 10.1 Å². The number of carbonyl (C=O) groups excluding carboxylic acids is 1. The molecule has 0 fully saturated rings. The molecule has 0 aliphatic heterocycles. The Balaban J connectivity index is 2.02. The van der Waals surface area contributed by atoms with Gasteiger partial charge < -0.3 is 29.7 Å². The number of ether oxygens (including phenoxy) is 3. The van der Waals surface area contributed by atoms with Gasteiger partial charge in [0.1, 0.15) is 6.10 Å². The molecule has 1 aliphatic carbocycles. The first-order chi connectivity index (χ1) is 11.9. The van der Waals surface area contributed by atoms with Crippen LogP contribution in [0.3, 0.4) is 0 Å². The van der Waals surface area contributed by atoms with Gasteiger partial charge in [-0.05, 0) is 42.8 Å². The molecule has 0 bridgehead atoms. The number of phenolic OH excluding ortho intramolecular Hbond substituents is 1. The standard InChI is InChI=1S/C18H23NO6/c1-4-25-18(22)8-7-13(11-16(18)24-3)19-17(21)10-12-5-6-15(23-2)14(20)9-12/h5-9,11,16,20,22H,4,10H2,1-3H3,(H,19,21). The Hall–Kier alpha value is -2.35. The lowest BCUT2D eigenvalue weighted by Gasteiger charge is -2.33. The predicted molar refractivity (Wildman–Crippen MR) is 91.1 cm³/mol. The average molecular weight is 349 g/mol. The molecule has 136 valence electrons. The number of phenols is 1. The summed E-state index contributed by atoms with van der Waals surface area (Å²) in [6, 6.07) is 4.78. The van der Waals surface area contributed by atoms with Crippen LogP contribution in [0.1, 0.15) is 12.5 Å². The molecule has 0 radical (unpaired) electrons. The topological polar surface area (TPSA) is 97.3 Å². The third-order valence-corrected chi connectivity index (χ3v) is 3.76. The monoisotopic (exact) mass is 349 g/mol. The van der Waals surface area contributed by atoms with Gasteiger partial charge in [0.05, 0.1) is 13.5 Å². The van der Waals surface area contributed by atoms with Gasteiger partial charge in [-0.15, -0.1) is 0 Å². The molecule has 0 spiro atoms. The minimum absolute atomic E-state index is 0.0224. The molecule has 1 amide bonds. The number of amides is 1. The zero-order valence-electron chi connectivity index (χ0n) is 14.5. The van der Waals surface area contributed by atoms with Crippen molar-refractivity contribution in [2.45, 2.75) is 25.2 Å². The van der Waals surface area contributed by atoms with Gasteiger partial charge >= 0.3 is 0 Å². The number of aliphatic hydroxyl groups is 1. The van der Waals surface area contributed by atoms with E-state index in [2.05, 4.69) is 5.32 Å². The van der Waals surface area contributed by atoms with E-state index in [4.69, 9.17) is 14.2 Å². The first-order valence-corrected chi connectivity index (χ1v) is 7.87. The quantitative estimate of drug-likeness (QED) is 0.641. The van der Waals surface area contributed by atoms with Crippen LogP contribution in [-0.2, 0) is 20.7 Å². The number of nitrogens with one attached hydrogen (secondary N) is 1. The molecular weight excluding hydrogens is 326 g/mol. The summed E-state index contributed by atoms with van der Waals surface area (Å²) in [5.74, 6) is -1.50. The van der Waals surface area contributed by atoms with Gasteiger partial charge in [0.2, 0.25) is 11.7 Å². The lowest BCUT2D eigenvalue weighted by Crippen LogP contribution is -2.45. The van der Waals surface area contributed by atoms with Crippen molar-refractivity contribution in [3.8, 4) is 11.5 Å². The van der Waals surface area contributed by atoms with Crippen molar-refractivity contribution in [2.75, 3.05) is 20.8 Å². The van der Waals surface area contributed by atoms with E-state index in [-0.39, 0.29) is 18.1 Å². The minimum Gasteiger partial charge on any atom is -0.504 e. The Labute approximate surface area is 146 Å². The van der Waals surface area contributed by atoms with Gasteiger partial charge in [-0.2, -0.15) is 0 Å². The smallest absolute Gasteiger partial charge is 0.228 e. The van der Waals surface area contributed by atoms with Crippen molar-refractivity contribution in [3.63, 3.8) is 0 Å². The lowest BCUT2D eigenvalue weighted by atomic mass is 10.0. The molecule has 3 N–H and O–H groups in total. The van der Waals surface area contributed by atoms with Crippen LogP contribution in [0.15, 0.2) is 42.1 Å². The molecule has 1 aromatic rings. The summed E-state index contributed by atoms with van der Waals surface area (Å²) >= 11 is 0. The normalized spacial score (nSPS) is 22.4. The summed E-state index contributed by atoms with van der Waals surface area (Å²) in [7, 11) is 2.91. The highest BCUT2D eigenvalue weighted by atomic mass is 16.6. The summed E-state index contributed by atoms with van der Waals surface area (Å²) in [6.07, 6.45) is 3.93. The summed E-state index contributed by atoms with van der Waals surface area (Å²) in [4.78, 5) is 12.2. The van der Waals surface area contributed by atoms with Crippen LogP contribution in [0.2, 0.25) is 0 Å². The first kappa shape index (κ1) is 19.0. The van der Waals surface area contributed by atoms with E-state index in [0.717, 1.165) is 0 Å². The largest absolute Gasteiger partial charge is 0.504 e. The molecule has 2 atom stereocenters. The Morgan fingerprint density at radius 3 is 2.72 bits per heavy atom. The van der Waals surface area contributed by atoms with Gasteiger partial charge in [-0.1, -0.05) is 6.07 Å². The van der Waals surface area contributed by atoms with E-state index in [1.54, 1.807) is 31.2 Å². The molecule has 2 unspecified atom stereocenters. The zero-order valence-corrected chi connectivity index (χ0v) is 14.5. The number of carbonyl (C=O) groups is 1. The third kappa shape index (κ3) is 4.60. The van der Waals surface area contributed by atoms with Crippen molar-refractivity contribution in [3.05, 3.63) is 47.7 Å². The van der Waals surface area contributed by atoms with E-state index < -0.39 is 11.9 Å². The van der Waals surface area contributed by atoms with Crippen LogP contribution in [0.4, 0.5) is 0 Å². The van der Waals surface area contributed by atoms with Crippen molar-refractivity contribution in [1.29, 1.82) is 0 Å². The van der Waals surface area contributed by atoms with Crippen LogP contribution >= 0.6 is 0 Å². The molecule has 0 saturated heterocycles. The molecule has 7 heteroatoms. The number of benzene rings is 1. The summed E-state index contributed by atoms with van der Waals surface area (Å²) in [6.45, 7) is 2.08. The molecule has 0 saturated carbocycles. The Kier molecular flexibility index (Phi) is 6.19. The second kappa shape index (κ2) is 8.15. The molecule has 25 heavy (non-hydrogen) atoms. The van der Waals surface area contributed by atoms with E-state index >= 15 is 0 Å². The van der Waals surface area contributed by atoms with E-state index in [1.165, 1.54) is 26.4 Å². The predicted octanol–water partition coefficient (Wildman–Crippen LogP) is 1.25. The van der Waals surface area contributed by atoms with Crippen molar-refractivity contribution in [2.24, 2.45) is 0 Å². The highest BCUT2D eigenvalue weighted by molar-refractivity contribution is 5.81. The summed E-state index contributed by atoms with van der Waals surface area (Å²) in [5.41, 5.74) is 1.14. The molecule has 0 aromatic heterocycles. The SMILES string of the molecule is CCOC1(O)C=CC(NC(=O)Cc2ccc(OC)c(O)c2)=CC1OC. The summed E-state index contributed by atoms with van der Waals surface area (Å²) in [5, 5.41) is 22.9. The second-order valence-electron chi connectivity index (χ2n) is 5.53. The average Bonchev–Trinajstić information content (AvgIpc) is 2.57. The fourth-order valence-corrected chi connectivity index (χ4v) is 2.56. The third-order valence-electron chi connectivity index (χ3n) is 3.76. The number of hydrogen-bond acceptors (Lipinski definition) is 6. The minimum atomic E-state index is -1.56. The maximum atomic E-state index is 12.2. The van der Waals surface area contributed by atoms with Gasteiger partial charge in [-0.3, -0.25) is 4.79 Å². The van der Waals surface area contributed by atoms with E-state index in [0.29, 0.717) is 23.6 Å². The molecule has 2 rings (SSSR count). The van der Waals surface area contributed by atoms with Gasteiger partial charge in [0.15, 0.2) is 11.5 Å². The molecule has 1 aromatic carbocycles. The van der Waals surface area contributed by atoms with Crippen LogP contribution in [0.25, 0.3) is 0 Å². The molecule has 0 heterocycles. The van der Waals surface area contributed by atoms with Crippen molar-refractivity contribution in [1.82, 2.24) is 5.32 Å². The maximum absolute atomic E-state index is 12.2. The number of aromatic hydroxyl groups is 1. The molecule has 7 nitrogen and oxygen atoms in total. The van der Waals surface area contributed by atoms with Gasteiger partial charge in [0.25, 0.3) is 0 Å². The second-order valence-corrected chi connectivity index (χ2v) is 5.53. The number of allylic oxidation sites excluding steroid dienone is 1. The highest BCUT2D eigenvalue weighted by Gasteiger charge is 2.36. The first-order valence-electron chi connectivity index (χ1n) is 7.87. The number of hydrogen-bond donors (Lipinski definition) is 3. The van der Waals surface area contributed by atoms with Gasteiger partial charge in [-0.25, -0.2) is 0 Å². The van der Waals surface area contributed by atoms with Crippen LogP contribution in [0.5, 0.6) is 11.5 Å². The zero-order chi connectivity index (χ0) is 18.4. The highest BCUT2D eigenvalue weighted by Crippen LogP contribution is 2.27. The van der Waals surface area contributed by atoms with Gasteiger partial charge in [0, 0.05) is 19.4 Å².